The molecule has 0 aromatic heterocycles. The standard InChI is InChI=1S/C19H19NO3/c1-23-18-10-6-13(12-17(18)21)7-11-19(22)20-16-9-8-14-4-2-3-5-15(14)16/h2-7,10-12,16,21H,8-9H2,1H3,(H,20,22). The highest BCUT2D eigenvalue weighted by atomic mass is 16.5. The van der Waals surface area contributed by atoms with Crippen LogP contribution < -0.4 is 10.1 Å². The van der Waals surface area contributed by atoms with Crippen molar-refractivity contribution in [2.24, 2.45) is 0 Å². The summed E-state index contributed by atoms with van der Waals surface area (Å²) in [7, 11) is 1.50. The summed E-state index contributed by atoms with van der Waals surface area (Å²) >= 11 is 0. The average molecular weight is 309 g/mol. The molecule has 1 aliphatic carbocycles. The molecule has 1 aliphatic rings. The Labute approximate surface area is 135 Å². The lowest BCUT2D eigenvalue weighted by atomic mass is 10.1. The Morgan fingerprint density at radius 2 is 2.13 bits per heavy atom. The molecule has 0 bridgehead atoms. The SMILES string of the molecule is COc1ccc(C=CC(=O)NC2CCc3ccccc32)cc1O. The molecule has 0 radical (unpaired) electrons. The molecule has 4 heteroatoms. The molecule has 0 aliphatic heterocycles. The molecule has 1 amide bonds. The van der Waals surface area contributed by atoms with E-state index >= 15 is 0 Å². The number of aromatic hydroxyl groups is 1. The molecule has 0 heterocycles. The van der Waals surface area contributed by atoms with Crippen molar-refractivity contribution in [3.05, 3.63) is 65.2 Å². The van der Waals surface area contributed by atoms with Gasteiger partial charge in [-0.25, -0.2) is 0 Å². The van der Waals surface area contributed by atoms with Crippen molar-refractivity contribution in [1.29, 1.82) is 0 Å². The second-order valence-electron chi connectivity index (χ2n) is 5.56. The quantitative estimate of drug-likeness (QED) is 0.853. The number of amides is 1. The number of phenols is 1. The summed E-state index contributed by atoms with van der Waals surface area (Å²) in [5.41, 5.74) is 3.25. The Hall–Kier alpha value is -2.75. The molecule has 2 aromatic carbocycles. The van der Waals surface area contributed by atoms with Crippen LogP contribution in [0.2, 0.25) is 0 Å². The smallest absolute Gasteiger partial charge is 0.244 e. The van der Waals surface area contributed by atoms with Crippen molar-refractivity contribution >= 4 is 12.0 Å². The third-order valence-corrected chi connectivity index (χ3v) is 4.08. The number of nitrogens with one attached hydrogen (secondary N) is 1. The summed E-state index contributed by atoms with van der Waals surface area (Å²) in [5, 5.41) is 12.8. The number of phenolic OH excluding ortho intramolecular Hbond substituents is 1. The topological polar surface area (TPSA) is 58.6 Å². The van der Waals surface area contributed by atoms with Crippen LogP contribution >= 0.6 is 0 Å². The van der Waals surface area contributed by atoms with Crippen molar-refractivity contribution in [1.82, 2.24) is 5.32 Å². The van der Waals surface area contributed by atoms with Crippen molar-refractivity contribution in [2.45, 2.75) is 18.9 Å². The number of benzene rings is 2. The van der Waals surface area contributed by atoms with Gasteiger partial charge in [-0.1, -0.05) is 30.3 Å². The number of rotatable bonds is 4. The summed E-state index contributed by atoms with van der Waals surface area (Å²) in [6.45, 7) is 0. The Kier molecular flexibility index (Phi) is 4.33. The first-order valence-electron chi connectivity index (χ1n) is 7.61. The normalized spacial score (nSPS) is 16.3. The van der Waals surface area contributed by atoms with Crippen LogP contribution in [0.1, 0.15) is 29.2 Å². The number of hydrogen-bond acceptors (Lipinski definition) is 3. The second kappa shape index (κ2) is 6.57. The van der Waals surface area contributed by atoms with Crippen LogP contribution in [0.25, 0.3) is 6.08 Å². The number of ether oxygens (including phenoxy) is 1. The van der Waals surface area contributed by atoms with Crippen molar-refractivity contribution in [3.8, 4) is 11.5 Å². The summed E-state index contributed by atoms with van der Waals surface area (Å²) in [6.07, 6.45) is 5.09. The van der Waals surface area contributed by atoms with E-state index in [-0.39, 0.29) is 17.7 Å². The molecular weight excluding hydrogens is 290 g/mol. The highest BCUT2D eigenvalue weighted by Crippen LogP contribution is 2.30. The van der Waals surface area contributed by atoms with Gasteiger partial charge in [0.15, 0.2) is 11.5 Å². The highest BCUT2D eigenvalue weighted by molar-refractivity contribution is 5.92. The monoisotopic (exact) mass is 309 g/mol. The predicted molar refractivity (Wildman–Crippen MR) is 89.3 cm³/mol. The number of fused-ring (bicyclic) bond motifs is 1. The first-order chi connectivity index (χ1) is 11.2. The van der Waals surface area contributed by atoms with Gasteiger partial charge in [-0.15, -0.1) is 0 Å². The van der Waals surface area contributed by atoms with Gasteiger partial charge in [0.2, 0.25) is 5.91 Å². The van der Waals surface area contributed by atoms with Crippen molar-refractivity contribution in [3.63, 3.8) is 0 Å². The van der Waals surface area contributed by atoms with Crippen LogP contribution in [0.3, 0.4) is 0 Å². The van der Waals surface area contributed by atoms with Crippen molar-refractivity contribution in [2.75, 3.05) is 7.11 Å². The fourth-order valence-electron chi connectivity index (χ4n) is 2.91. The molecule has 0 saturated carbocycles. The van der Waals surface area contributed by atoms with Crippen LogP contribution in [0.5, 0.6) is 11.5 Å². The summed E-state index contributed by atoms with van der Waals surface area (Å²) in [5.74, 6) is 0.330. The molecule has 23 heavy (non-hydrogen) atoms. The van der Waals surface area contributed by atoms with E-state index in [0.717, 1.165) is 18.4 Å². The number of hydrogen-bond donors (Lipinski definition) is 2. The van der Waals surface area contributed by atoms with Gasteiger partial charge in [-0.05, 0) is 47.7 Å². The van der Waals surface area contributed by atoms with Crippen molar-refractivity contribution < 1.29 is 14.6 Å². The van der Waals surface area contributed by atoms with Crippen LogP contribution in [0.4, 0.5) is 0 Å². The molecule has 1 unspecified atom stereocenters. The van der Waals surface area contributed by atoms with Gasteiger partial charge >= 0.3 is 0 Å². The van der Waals surface area contributed by atoms with E-state index in [4.69, 9.17) is 4.74 Å². The average Bonchev–Trinajstić information content (AvgIpc) is 2.96. The lowest BCUT2D eigenvalue weighted by Gasteiger charge is -2.12. The Morgan fingerprint density at radius 1 is 1.30 bits per heavy atom. The predicted octanol–water partition coefficient (Wildman–Crippen LogP) is 3.22. The van der Waals surface area contributed by atoms with Gasteiger partial charge in [0.05, 0.1) is 13.2 Å². The second-order valence-corrected chi connectivity index (χ2v) is 5.56. The van der Waals surface area contributed by atoms with Crippen LogP contribution in [0, 0.1) is 0 Å². The number of carbonyl (C=O) groups excluding carboxylic acids is 1. The summed E-state index contributed by atoms with van der Waals surface area (Å²) in [4.78, 5) is 12.1. The van der Waals surface area contributed by atoms with Gasteiger partial charge in [-0.2, -0.15) is 0 Å². The molecule has 0 fully saturated rings. The van der Waals surface area contributed by atoms with Gasteiger partial charge in [0.1, 0.15) is 0 Å². The third kappa shape index (κ3) is 3.37. The molecule has 2 N–H and O–H groups in total. The number of methoxy groups -OCH3 is 1. The van der Waals surface area contributed by atoms with Crippen LogP contribution in [-0.4, -0.2) is 18.1 Å². The minimum atomic E-state index is -0.137. The minimum Gasteiger partial charge on any atom is -0.504 e. The van der Waals surface area contributed by atoms with E-state index in [1.807, 2.05) is 12.1 Å². The first-order valence-corrected chi connectivity index (χ1v) is 7.61. The molecule has 118 valence electrons. The summed E-state index contributed by atoms with van der Waals surface area (Å²) < 4.78 is 4.99. The number of carbonyl (C=O) groups is 1. The Morgan fingerprint density at radius 3 is 2.91 bits per heavy atom. The maximum Gasteiger partial charge on any atom is 0.244 e. The van der Waals surface area contributed by atoms with E-state index < -0.39 is 0 Å². The van der Waals surface area contributed by atoms with E-state index in [1.165, 1.54) is 24.3 Å². The van der Waals surface area contributed by atoms with Gasteiger partial charge in [-0.3, -0.25) is 4.79 Å². The maximum absolute atomic E-state index is 12.1. The minimum absolute atomic E-state index is 0.0554. The lowest BCUT2D eigenvalue weighted by Crippen LogP contribution is -2.25. The first kappa shape index (κ1) is 15.2. The van der Waals surface area contributed by atoms with Gasteiger partial charge < -0.3 is 15.2 Å². The molecule has 0 saturated heterocycles. The fraction of sp³-hybridized carbons (Fsp3) is 0.211. The van der Waals surface area contributed by atoms with E-state index in [0.29, 0.717) is 5.75 Å². The van der Waals surface area contributed by atoms with E-state index in [2.05, 4.69) is 17.4 Å². The van der Waals surface area contributed by atoms with Gasteiger partial charge in [0, 0.05) is 6.08 Å². The third-order valence-electron chi connectivity index (χ3n) is 4.08. The van der Waals surface area contributed by atoms with Gasteiger partial charge in [0.25, 0.3) is 0 Å². The largest absolute Gasteiger partial charge is 0.504 e. The molecule has 3 rings (SSSR count). The van der Waals surface area contributed by atoms with E-state index in [9.17, 15) is 9.90 Å². The lowest BCUT2D eigenvalue weighted by molar-refractivity contribution is -0.117. The Balaban J connectivity index is 1.65. The fourth-order valence-corrected chi connectivity index (χ4v) is 2.91. The molecule has 4 nitrogen and oxygen atoms in total. The summed E-state index contributed by atoms with van der Waals surface area (Å²) in [6, 6.07) is 13.3. The Bertz CT molecular complexity index is 752. The zero-order chi connectivity index (χ0) is 16.2. The molecule has 1 atom stereocenters. The maximum atomic E-state index is 12.1. The molecule has 0 spiro atoms. The zero-order valence-electron chi connectivity index (χ0n) is 13.0. The van der Waals surface area contributed by atoms with E-state index in [1.54, 1.807) is 24.3 Å². The molecule has 2 aromatic rings. The number of aryl methyl sites for hydroxylation is 1. The van der Waals surface area contributed by atoms with Crippen LogP contribution in [0.15, 0.2) is 48.5 Å². The highest BCUT2D eigenvalue weighted by Gasteiger charge is 2.22. The molecular formula is C19H19NO3. The zero-order valence-corrected chi connectivity index (χ0v) is 13.0. The van der Waals surface area contributed by atoms with Crippen LogP contribution in [-0.2, 0) is 11.2 Å².